The second kappa shape index (κ2) is 3.96. The highest BCUT2D eigenvalue weighted by molar-refractivity contribution is 6.18. The van der Waals surface area contributed by atoms with Gasteiger partial charge in [0.15, 0.2) is 0 Å². The number of carbonyl (C=O) groups is 1. The van der Waals surface area contributed by atoms with Gasteiger partial charge in [-0.2, -0.15) is 0 Å². The van der Waals surface area contributed by atoms with Gasteiger partial charge in [-0.15, -0.1) is 11.6 Å². The Morgan fingerprint density at radius 1 is 1.73 bits per heavy atom. The van der Waals surface area contributed by atoms with Crippen LogP contribution in [0.2, 0.25) is 0 Å². The van der Waals surface area contributed by atoms with Crippen molar-refractivity contribution < 1.29 is 4.79 Å². The van der Waals surface area contributed by atoms with E-state index in [0.29, 0.717) is 18.3 Å². The summed E-state index contributed by atoms with van der Waals surface area (Å²) in [4.78, 5) is 13.2. The maximum absolute atomic E-state index is 11.3. The third-order valence-corrected chi connectivity index (χ3v) is 2.53. The fraction of sp³-hybridized carbons (Fsp3) is 0.875. The van der Waals surface area contributed by atoms with Crippen molar-refractivity contribution in [3.63, 3.8) is 0 Å². The molecule has 1 heterocycles. The third kappa shape index (κ3) is 1.86. The van der Waals surface area contributed by atoms with Crippen molar-refractivity contribution in [3.8, 4) is 0 Å². The molecular weight excluding hydrogens is 162 g/mol. The summed E-state index contributed by atoms with van der Waals surface area (Å²) in [5.41, 5.74) is 0. The lowest BCUT2D eigenvalue weighted by atomic mass is 10.2. The number of rotatable bonds is 2. The molecule has 64 valence electrons. The molecule has 0 unspecified atom stereocenters. The number of hydrogen-bond acceptors (Lipinski definition) is 1. The van der Waals surface area contributed by atoms with Crippen LogP contribution in [0.3, 0.4) is 0 Å². The van der Waals surface area contributed by atoms with Gasteiger partial charge in [0.1, 0.15) is 0 Å². The smallest absolute Gasteiger partial charge is 0.222 e. The van der Waals surface area contributed by atoms with Gasteiger partial charge < -0.3 is 4.90 Å². The minimum atomic E-state index is 0.244. The lowest BCUT2D eigenvalue weighted by molar-refractivity contribution is -0.131. The summed E-state index contributed by atoms with van der Waals surface area (Å²) in [6.45, 7) is 2.80. The van der Waals surface area contributed by atoms with Gasteiger partial charge in [0, 0.05) is 24.9 Å². The maximum Gasteiger partial charge on any atom is 0.222 e. The lowest BCUT2D eigenvalue weighted by Gasteiger charge is -2.21. The first-order valence-corrected chi connectivity index (χ1v) is 4.68. The van der Waals surface area contributed by atoms with E-state index in [1.54, 1.807) is 0 Å². The van der Waals surface area contributed by atoms with Crippen LogP contribution in [0.5, 0.6) is 0 Å². The summed E-state index contributed by atoms with van der Waals surface area (Å²) < 4.78 is 0. The van der Waals surface area contributed by atoms with Crippen molar-refractivity contribution in [2.45, 2.75) is 32.2 Å². The van der Waals surface area contributed by atoms with Crippen molar-refractivity contribution in [1.82, 2.24) is 4.90 Å². The normalized spacial score (nSPS) is 24.2. The van der Waals surface area contributed by atoms with Crippen LogP contribution in [0.4, 0.5) is 0 Å². The Bertz CT molecular complexity index is 149. The van der Waals surface area contributed by atoms with E-state index in [2.05, 4.69) is 0 Å². The van der Waals surface area contributed by atoms with Crippen LogP contribution >= 0.6 is 11.6 Å². The highest BCUT2D eigenvalue weighted by Crippen LogP contribution is 2.18. The Balaban J connectivity index is 2.49. The van der Waals surface area contributed by atoms with Crippen molar-refractivity contribution in [2.75, 3.05) is 12.4 Å². The average Bonchev–Trinajstić information content (AvgIpc) is 2.50. The van der Waals surface area contributed by atoms with Crippen LogP contribution in [0.25, 0.3) is 0 Å². The van der Waals surface area contributed by atoms with Crippen LogP contribution in [0, 0.1) is 0 Å². The predicted octanol–water partition coefficient (Wildman–Crippen LogP) is 1.63. The van der Waals surface area contributed by atoms with E-state index in [4.69, 9.17) is 11.6 Å². The van der Waals surface area contributed by atoms with Crippen LogP contribution in [0.1, 0.15) is 26.2 Å². The fourth-order valence-corrected chi connectivity index (χ4v) is 1.85. The van der Waals surface area contributed by atoms with Crippen LogP contribution < -0.4 is 0 Å². The number of halogens is 1. The molecule has 11 heavy (non-hydrogen) atoms. The molecule has 0 bridgehead atoms. The molecular formula is C8H14ClNO. The van der Waals surface area contributed by atoms with E-state index >= 15 is 0 Å². The van der Waals surface area contributed by atoms with Gasteiger partial charge in [-0.3, -0.25) is 4.79 Å². The predicted molar refractivity (Wildman–Crippen MR) is 45.7 cm³/mol. The first-order chi connectivity index (χ1) is 5.29. The molecule has 1 aliphatic heterocycles. The summed E-state index contributed by atoms with van der Waals surface area (Å²) in [6, 6.07) is 0.309. The van der Waals surface area contributed by atoms with Crippen molar-refractivity contribution in [3.05, 3.63) is 0 Å². The molecule has 0 N–H and O–H groups in total. The minimum absolute atomic E-state index is 0.244. The van der Waals surface area contributed by atoms with Gasteiger partial charge >= 0.3 is 0 Å². The molecule has 0 aromatic heterocycles. The molecule has 1 atom stereocenters. The van der Waals surface area contributed by atoms with Gasteiger partial charge in [-0.25, -0.2) is 0 Å². The number of nitrogens with zero attached hydrogens (tertiary/aromatic N) is 1. The standard InChI is InChI=1S/C8H14ClNO/c1-2-8(11)10-5-3-4-7(10)6-9/h7H,2-6H2,1H3/t7-/m0/s1. The fourth-order valence-electron chi connectivity index (χ4n) is 1.53. The Kier molecular flexibility index (Phi) is 3.18. The zero-order valence-electron chi connectivity index (χ0n) is 6.85. The summed E-state index contributed by atoms with van der Waals surface area (Å²) >= 11 is 5.71. The molecule has 1 saturated heterocycles. The van der Waals surface area contributed by atoms with E-state index < -0.39 is 0 Å². The van der Waals surface area contributed by atoms with Crippen molar-refractivity contribution >= 4 is 17.5 Å². The number of alkyl halides is 1. The highest BCUT2D eigenvalue weighted by atomic mass is 35.5. The molecule has 3 heteroatoms. The molecule has 1 fully saturated rings. The molecule has 0 aromatic rings. The van der Waals surface area contributed by atoms with Gasteiger partial charge in [-0.1, -0.05) is 6.92 Å². The zero-order valence-corrected chi connectivity index (χ0v) is 7.60. The second-order valence-electron chi connectivity index (χ2n) is 2.89. The van der Waals surface area contributed by atoms with E-state index in [-0.39, 0.29) is 5.91 Å². The van der Waals surface area contributed by atoms with Crippen molar-refractivity contribution in [1.29, 1.82) is 0 Å². The van der Waals surface area contributed by atoms with E-state index in [1.165, 1.54) is 0 Å². The SMILES string of the molecule is CCC(=O)N1CCC[C@H]1CCl. The Morgan fingerprint density at radius 2 is 2.45 bits per heavy atom. The third-order valence-electron chi connectivity index (χ3n) is 2.18. The van der Waals surface area contributed by atoms with E-state index in [9.17, 15) is 4.79 Å². The van der Waals surface area contributed by atoms with E-state index in [1.807, 2.05) is 11.8 Å². The first kappa shape index (κ1) is 8.85. The Hall–Kier alpha value is -0.240. The van der Waals surface area contributed by atoms with Crippen LogP contribution in [0.15, 0.2) is 0 Å². The zero-order chi connectivity index (χ0) is 8.27. The largest absolute Gasteiger partial charge is 0.339 e. The Labute approximate surface area is 72.5 Å². The monoisotopic (exact) mass is 175 g/mol. The van der Waals surface area contributed by atoms with Gasteiger partial charge in [-0.05, 0) is 12.8 Å². The number of amides is 1. The second-order valence-corrected chi connectivity index (χ2v) is 3.20. The molecule has 1 amide bonds. The molecule has 0 radical (unpaired) electrons. The minimum Gasteiger partial charge on any atom is -0.339 e. The maximum atomic E-state index is 11.3. The van der Waals surface area contributed by atoms with E-state index in [0.717, 1.165) is 19.4 Å². The summed E-state index contributed by atoms with van der Waals surface area (Å²) in [5, 5.41) is 0. The first-order valence-electron chi connectivity index (χ1n) is 4.15. The van der Waals surface area contributed by atoms with Gasteiger partial charge in [0.2, 0.25) is 5.91 Å². The quantitative estimate of drug-likeness (QED) is 0.585. The highest BCUT2D eigenvalue weighted by Gasteiger charge is 2.26. The average molecular weight is 176 g/mol. The van der Waals surface area contributed by atoms with Gasteiger partial charge in [0.05, 0.1) is 0 Å². The van der Waals surface area contributed by atoms with Crippen molar-refractivity contribution in [2.24, 2.45) is 0 Å². The number of carbonyl (C=O) groups excluding carboxylic acids is 1. The van der Waals surface area contributed by atoms with Gasteiger partial charge in [0.25, 0.3) is 0 Å². The molecule has 0 spiro atoms. The summed E-state index contributed by atoms with van der Waals surface area (Å²) in [6.07, 6.45) is 2.80. The lowest BCUT2D eigenvalue weighted by Crippen LogP contribution is -2.35. The van der Waals surface area contributed by atoms with Crippen LogP contribution in [-0.2, 0) is 4.79 Å². The number of hydrogen-bond donors (Lipinski definition) is 0. The van der Waals surface area contributed by atoms with Crippen LogP contribution in [-0.4, -0.2) is 29.3 Å². The molecule has 1 aliphatic rings. The topological polar surface area (TPSA) is 20.3 Å². The summed E-state index contributed by atoms with van der Waals surface area (Å²) in [7, 11) is 0. The molecule has 0 aromatic carbocycles. The molecule has 0 saturated carbocycles. The molecule has 0 aliphatic carbocycles. The number of likely N-dealkylation sites (tertiary alicyclic amines) is 1. The molecule has 1 rings (SSSR count). The summed E-state index contributed by atoms with van der Waals surface area (Å²) in [5.74, 6) is 0.833. The Morgan fingerprint density at radius 3 is 3.00 bits per heavy atom. The molecule has 2 nitrogen and oxygen atoms in total.